The summed E-state index contributed by atoms with van der Waals surface area (Å²) in [6.07, 6.45) is 0.0816. The van der Waals surface area contributed by atoms with Crippen molar-refractivity contribution in [1.29, 1.82) is 0 Å². The summed E-state index contributed by atoms with van der Waals surface area (Å²) in [5.74, 6) is -0.797. The highest BCUT2D eigenvalue weighted by molar-refractivity contribution is 7.10. The van der Waals surface area contributed by atoms with Gasteiger partial charge in [0, 0.05) is 18.5 Å². The van der Waals surface area contributed by atoms with Crippen LogP contribution in [-0.2, 0) is 22.7 Å². The van der Waals surface area contributed by atoms with Crippen molar-refractivity contribution in [3.63, 3.8) is 0 Å². The maximum Gasteiger partial charge on any atom is 0.305 e. The predicted molar refractivity (Wildman–Crippen MR) is 83.3 cm³/mol. The third kappa shape index (κ3) is 4.97. The van der Waals surface area contributed by atoms with E-state index in [0.717, 1.165) is 16.0 Å². The van der Waals surface area contributed by atoms with Crippen LogP contribution in [0.25, 0.3) is 0 Å². The van der Waals surface area contributed by atoms with Gasteiger partial charge in [-0.05, 0) is 22.6 Å². The Morgan fingerprint density at radius 3 is 2.81 bits per heavy atom. The maximum atomic E-state index is 11.0. The lowest BCUT2D eigenvalue weighted by molar-refractivity contribution is -0.137. The minimum atomic E-state index is -0.797. The highest BCUT2D eigenvalue weighted by atomic mass is 32.1. The number of carboxylic acid groups (broad SMARTS) is 1. The Labute approximate surface area is 128 Å². The van der Waals surface area contributed by atoms with E-state index in [0.29, 0.717) is 13.2 Å². The molecule has 2 N–H and O–H groups in total. The van der Waals surface area contributed by atoms with Gasteiger partial charge in [0.2, 0.25) is 0 Å². The van der Waals surface area contributed by atoms with Crippen LogP contribution in [0.4, 0.5) is 0 Å². The molecule has 1 unspecified atom stereocenters. The van der Waals surface area contributed by atoms with Crippen molar-refractivity contribution in [2.24, 2.45) is 0 Å². The van der Waals surface area contributed by atoms with Crippen LogP contribution in [0, 0.1) is 0 Å². The molecule has 0 aliphatic rings. The molecule has 0 aliphatic heterocycles. The van der Waals surface area contributed by atoms with Gasteiger partial charge in [-0.2, -0.15) is 0 Å². The average molecular weight is 305 g/mol. The topological polar surface area (TPSA) is 58.6 Å². The zero-order valence-electron chi connectivity index (χ0n) is 11.9. The summed E-state index contributed by atoms with van der Waals surface area (Å²) in [5.41, 5.74) is 2.24. The Balaban J connectivity index is 2.01. The molecule has 0 saturated heterocycles. The Morgan fingerprint density at radius 1 is 1.33 bits per heavy atom. The van der Waals surface area contributed by atoms with E-state index in [1.807, 2.05) is 35.7 Å². The summed E-state index contributed by atoms with van der Waals surface area (Å²) in [5, 5.41) is 14.3. The van der Waals surface area contributed by atoms with E-state index in [4.69, 9.17) is 9.84 Å². The predicted octanol–water partition coefficient (Wildman–Crippen LogP) is 3.20. The molecular weight excluding hydrogens is 286 g/mol. The summed E-state index contributed by atoms with van der Waals surface area (Å²) >= 11 is 1.57. The Morgan fingerprint density at radius 2 is 2.14 bits per heavy atom. The number of carbonyl (C=O) groups is 1. The number of nitrogens with one attached hydrogen (secondary N) is 1. The Bertz CT molecular complexity index is 569. The summed E-state index contributed by atoms with van der Waals surface area (Å²) in [4.78, 5) is 12.1. The van der Waals surface area contributed by atoms with Gasteiger partial charge in [0.05, 0.1) is 19.1 Å². The fourth-order valence-corrected chi connectivity index (χ4v) is 2.98. The lowest BCUT2D eigenvalue weighted by Crippen LogP contribution is -2.22. The molecule has 112 valence electrons. The third-order valence-corrected chi connectivity index (χ3v) is 4.11. The van der Waals surface area contributed by atoms with E-state index >= 15 is 0 Å². The second-order valence-corrected chi connectivity index (χ2v) is 5.78. The second kappa shape index (κ2) is 7.93. The van der Waals surface area contributed by atoms with Crippen molar-refractivity contribution in [3.8, 4) is 0 Å². The molecule has 1 atom stereocenters. The number of hydrogen-bond donors (Lipinski definition) is 2. The number of aliphatic carboxylic acids is 1. The van der Waals surface area contributed by atoms with E-state index in [1.165, 1.54) is 0 Å². The molecule has 0 amide bonds. The summed E-state index contributed by atoms with van der Waals surface area (Å²) in [6.45, 7) is 1.21. The molecule has 0 fully saturated rings. The molecule has 21 heavy (non-hydrogen) atoms. The third-order valence-electron chi connectivity index (χ3n) is 3.12. The molecule has 2 aromatic rings. The van der Waals surface area contributed by atoms with Gasteiger partial charge in [0.1, 0.15) is 0 Å². The van der Waals surface area contributed by atoms with Crippen molar-refractivity contribution in [1.82, 2.24) is 5.32 Å². The smallest absolute Gasteiger partial charge is 0.305 e. The second-order valence-electron chi connectivity index (χ2n) is 4.80. The highest BCUT2D eigenvalue weighted by Crippen LogP contribution is 2.22. The largest absolute Gasteiger partial charge is 0.481 e. The number of ether oxygens (including phenoxy) is 1. The van der Waals surface area contributed by atoms with Gasteiger partial charge in [-0.1, -0.05) is 30.3 Å². The SMILES string of the molecule is COCc1cccc(CNC(CC(=O)O)c2cccs2)c1. The van der Waals surface area contributed by atoms with Crippen molar-refractivity contribution < 1.29 is 14.6 Å². The van der Waals surface area contributed by atoms with Crippen molar-refractivity contribution in [2.45, 2.75) is 25.6 Å². The van der Waals surface area contributed by atoms with Crippen molar-refractivity contribution in [2.75, 3.05) is 7.11 Å². The lowest BCUT2D eigenvalue weighted by Gasteiger charge is -2.16. The van der Waals surface area contributed by atoms with Gasteiger partial charge in [-0.3, -0.25) is 4.79 Å². The number of thiophene rings is 1. The standard InChI is InChI=1S/C16H19NO3S/c1-20-11-13-5-2-4-12(8-13)10-17-14(9-16(18)19)15-6-3-7-21-15/h2-8,14,17H,9-11H2,1H3,(H,18,19). The maximum absolute atomic E-state index is 11.0. The van der Waals surface area contributed by atoms with Gasteiger partial charge in [0.25, 0.3) is 0 Å². The molecule has 0 saturated carbocycles. The zero-order valence-corrected chi connectivity index (χ0v) is 12.7. The van der Waals surface area contributed by atoms with E-state index < -0.39 is 5.97 Å². The van der Waals surface area contributed by atoms with Crippen LogP contribution in [0.3, 0.4) is 0 Å². The normalized spacial score (nSPS) is 12.2. The first-order valence-electron chi connectivity index (χ1n) is 6.74. The zero-order chi connectivity index (χ0) is 15.1. The van der Waals surface area contributed by atoms with Crippen LogP contribution >= 0.6 is 11.3 Å². The lowest BCUT2D eigenvalue weighted by atomic mass is 10.1. The highest BCUT2D eigenvalue weighted by Gasteiger charge is 2.15. The summed E-state index contributed by atoms with van der Waals surface area (Å²) < 4.78 is 5.12. The van der Waals surface area contributed by atoms with Gasteiger partial charge in [0.15, 0.2) is 0 Å². The van der Waals surface area contributed by atoms with Crippen LogP contribution in [0.2, 0.25) is 0 Å². The summed E-state index contributed by atoms with van der Waals surface area (Å²) in [6, 6.07) is 11.8. The monoisotopic (exact) mass is 305 g/mol. The average Bonchev–Trinajstić information content (AvgIpc) is 2.98. The minimum Gasteiger partial charge on any atom is -0.481 e. The van der Waals surface area contributed by atoms with Crippen molar-refractivity contribution in [3.05, 3.63) is 57.8 Å². The van der Waals surface area contributed by atoms with Gasteiger partial charge < -0.3 is 15.2 Å². The van der Waals surface area contributed by atoms with Crippen molar-refractivity contribution >= 4 is 17.3 Å². The fourth-order valence-electron chi connectivity index (χ4n) is 2.17. The number of rotatable bonds is 8. The first-order valence-corrected chi connectivity index (χ1v) is 7.62. The fraction of sp³-hybridized carbons (Fsp3) is 0.312. The minimum absolute atomic E-state index is 0.0816. The molecule has 1 aromatic heterocycles. The van der Waals surface area contributed by atoms with Crippen LogP contribution in [0.1, 0.15) is 28.5 Å². The van der Waals surface area contributed by atoms with Crippen LogP contribution in [0.5, 0.6) is 0 Å². The number of benzene rings is 1. The molecule has 1 heterocycles. The van der Waals surface area contributed by atoms with Gasteiger partial charge in [-0.15, -0.1) is 11.3 Å². The molecule has 1 aromatic carbocycles. The molecule has 0 aliphatic carbocycles. The van der Waals surface area contributed by atoms with Crippen LogP contribution in [0.15, 0.2) is 41.8 Å². The molecule has 2 rings (SSSR count). The van der Waals surface area contributed by atoms with Gasteiger partial charge >= 0.3 is 5.97 Å². The molecule has 0 radical (unpaired) electrons. The molecule has 4 nitrogen and oxygen atoms in total. The van der Waals surface area contributed by atoms with Gasteiger partial charge in [-0.25, -0.2) is 0 Å². The molecule has 0 spiro atoms. The first kappa shape index (κ1) is 15.7. The van der Waals surface area contributed by atoms with Crippen LogP contribution < -0.4 is 5.32 Å². The number of hydrogen-bond acceptors (Lipinski definition) is 4. The number of methoxy groups -OCH3 is 1. The Kier molecular flexibility index (Phi) is 5.92. The van der Waals surface area contributed by atoms with E-state index in [-0.39, 0.29) is 12.5 Å². The first-order chi connectivity index (χ1) is 10.2. The van der Waals surface area contributed by atoms with E-state index in [9.17, 15) is 4.79 Å². The quantitative estimate of drug-likeness (QED) is 0.786. The van der Waals surface area contributed by atoms with E-state index in [1.54, 1.807) is 18.4 Å². The Hall–Kier alpha value is -1.69. The number of carboxylic acids is 1. The summed E-state index contributed by atoms with van der Waals surface area (Å²) in [7, 11) is 1.67. The molecule has 0 bridgehead atoms. The molecular formula is C16H19NO3S. The van der Waals surface area contributed by atoms with Crippen LogP contribution in [-0.4, -0.2) is 18.2 Å². The molecule has 5 heteroatoms. The van der Waals surface area contributed by atoms with E-state index in [2.05, 4.69) is 11.4 Å².